The second-order valence-electron chi connectivity index (χ2n) is 5.40. The number of carbonyl (C=O) groups excluding carboxylic acids is 1. The quantitative estimate of drug-likeness (QED) is 0.921. The van der Waals surface area contributed by atoms with Crippen LogP contribution in [0.25, 0.3) is 0 Å². The summed E-state index contributed by atoms with van der Waals surface area (Å²) in [6.45, 7) is 0.448. The van der Waals surface area contributed by atoms with Gasteiger partial charge in [-0.05, 0) is 24.1 Å². The standard InChI is InChI=1S/C18H19NO4/c1-22-15-10-13-14(11-16(15)23-2)18(21)19(17(13)20)9-8-12-6-4-3-5-7-12/h3-7,10-11,17,20H,8-9H2,1-2H3. The largest absolute Gasteiger partial charge is 0.493 e. The van der Waals surface area contributed by atoms with Gasteiger partial charge in [-0.25, -0.2) is 0 Å². The van der Waals surface area contributed by atoms with Gasteiger partial charge in [-0.3, -0.25) is 4.79 Å². The van der Waals surface area contributed by atoms with Crippen LogP contribution in [0.1, 0.15) is 27.7 Å². The summed E-state index contributed by atoms with van der Waals surface area (Å²) in [6.07, 6.45) is -0.271. The molecule has 120 valence electrons. The van der Waals surface area contributed by atoms with Crippen molar-refractivity contribution < 1.29 is 19.4 Å². The molecule has 0 saturated heterocycles. The second kappa shape index (κ2) is 6.30. The van der Waals surface area contributed by atoms with Crippen molar-refractivity contribution >= 4 is 5.91 Å². The monoisotopic (exact) mass is 313 g/mol. The zero-order valence-electron chi connectivity index (χ0n) is 13.2. The van der Waals surface area contributed by atoms with Gasteiger partial charge in [0, 0.05) is 12.1 Å². The van der Waals surface area contributed by atoms with E-state index in [4.69, 9.17) is 9.47 Å². The number of hydrogen-bond donors (Lipinski definition) is 1. The minimum Gasteiger partial charge on any atom is -0.493 e. The molecule has 1 heterocycles. The Kier molecular flexibility index (Phi) is 4.21. The molecule has 1 atom stereocenters. The lowest BCUT2D eigenvalue weighted by Gasteiger charge is -2.20. The molecule has 1 aliphatic heterocycles. The summed E-state index contributed by atoms with van der Waals surface area (Å²) in [5, 5.41) is 10.5. The van der Waals surface area contributed by atoms with Gasteiger partial charge in [0.15, 0.2) is 17.7 Å². The van der Waals surface area contributed by atoms with Crippen molar-refractivity contribution in [2.45, 2.75) is 12.6 Å². The summed E-state index contributed by atoms with van der Waals surface area (Å²) in [5.41, 5.74) is 2.14. The summed E-state index contributed by atoms with van der Waals surface area (Å²) in [6, 6.07) is 13.2. The third-order valence-electron chi connectivity index (χ3n) is 4.10. The highest BCUT2D eigenvalue weighted by Gasteiger charge is 2.36. The molecule has 0 spiro atoms. The normalized spacial score (nSPS) is 16.4. The van der Waals surface area contributed by atoms with E-state index in [1.807, 2.05) is 30.3 Å². The van der Waals surface area contributed by atoms with E-state index in [2.05, 4.69) is 0 Å². The van der Waals surface area contributed by atoms with Crippen molar-refractivity contribution in [3.05, 3.63) is 59.2 Å². The molecule has 1 unspecified atom stereocenters. The molecule has 23 heavy (non-hydrogen) atoms. The van der Waals surface area contributed by atoms with Crippen LogP contribution in [0.2, 0.25) is 0 Å². The Morgan fingerprint density at radius 1 is 1.09 bits per heavy atom. The molecule has 0 radical (unpaired) electrons. The zero-order chi connectivity index (χ0) is 16.4. The van der Waals surface area contributed by atoms with Gasteiger partial charge < -0.3 is 19.5 Å². The lowest BCUT2D eigenvalue weighted by atomic mass is 10.1. The molecular formula is C18H19NO4. The van der Waals surface area contributed by atoms with Crippen molar-refractivity contribution in [1.82, 2.24) is 4.90 Å². The minimum absolute atomic E-state index is 0.190. The number of aliphatic hydroxyl groups is 1. The number of fused-ring (bicyclic) bond motifs is 1. The van der Waals surface area contributed by atoms with Crippen molar-refractivity contribution in [2.24, 2.45) is 0 Å². The molecule has 0 bridgehead atoms. The average molecular weight is 313 g/mol. The van der Waals surface area contributed by atoms with Crippen LogP contribution in [0.15, 0.2) is 42.5 Å². The first kappa shape index (κ1) is 15.4. The molecule has 0 fully saturated rings. The second-order valence-corrected chi connectivity index (χ2v) is 5.40. The van der Waals surface area contributed by atoms with Gasteiger partial charge >= 0.3 is 0 Å². The van der Waals surface area contributed by atoms with E-state index < -0.39 is 6.23 Å². The molecule has 1 amide bonds. The fourth-order valence-electron chi connectivity index (χ4n) is 2.85. The molecule has 5 nitrogen and oxygen atoms in total. The van der Waals surface area contributed by atoms with Crippen molar-refractivity contribution in [2.75, 3.05) is 20.8 Å². The summed E-state index contributed by atoms with van der Waals surface area (Å²) in [5.74, 6) is 0.795. The van der Waals surface area contributed by atoms with Crippen LogP contribution in [-0.4, -0.2) is 36.7 Å². The fourth-order valence-corrected chi connectivity index (χ4v) is 2.85. The Bertz CT molecular complexity index is 714. The predicted molar refractivity (Wildman–Crippen MR) is 85.7 cm³/mol. The number of aliphatic hydroxyl groups excluding tert-OH is 1. The van der Waals surface area contributed by atoms with Gasteiger partial charge in [0.2, 0.25) is 0 Å². The summed E-state index contributed by atoms with van der Waals surface area (Å²) in [4.78, 5) is 14.0. The van der Waals surface area contributed by atoms with E-state index in [1.54, 1.807) is 12.1 Å². The topological polar surface area (TPSA) is 59.0 Å². The maximum Gasteiger partial charge on any atom is 0.256 e. The number of amides is 1. The van der Waals surface area contributed by atoms with Gasteiger partial charge in [-0.2, -0.15) is 0 Å². The van der Waals surface area contributed by atoms with Gasteiger partial charge in [-0.15, -0.1) is 0 Å². The number of ether oxygens (including phenoxy) is 2. The Morgan fingerprint density at radius 2 is 1.74 bits per heavy atom. The Morgan fingerprint density at radius 3 is 2.39 bits per heavy atom. The predicted octanol–water partition coefficient (Wildman–Crippen LogP) is 2.39. The number of carbonyl (C=O) groups is 1. The first-order chi connectivity index (χ1) is 11.2. The smallest absolute Gasteiger partial charge is 0.256 e. The Hall–Kier alpha value is -2.53. The molecule has 5 heteroatoms. The van der Waals surface area contributed by atoms with Gasteiger partial charge in [-0.1, -0.05) is 30.3 Å². The van der Waals surface area contributed by atoms with Crippen LogP contribution in [0.3, 0.4) is 0 Å². The molecule has 3 rings (SSSR count). The third kappa shape index (κ3) is 2.75. The summed E-state index contributed by atoms with van der Waals surface area (Å²) < 4.78 is 10.5. The third-order valence-corrected chi connectivity index (χ3v) is 4.10. The minimum atomic E-state index is -0.957. The van der Waals surface area contributed by atoms with Gasteiger partial charge in [0.25, 0.3) is 5.91 Å². The number of nitrogens with zero attached hydrogens (tertiary/aromatic N) is 1. The SMILES string of the molecule is COc1cc2c(cc1OC)C(O)N(CCc1ccccc1)C2=O. The first-order valence-electron chi connectivity index (χ1n) is 7.44. The average Bonchev–Trinajstić information content (AvgIpc) is 2.83. The Labute approximate surface area is 135 Å². The van der Waals surface area contributed by atoms with E-state index in [9.17, 15) is 9.90 Å². The van der Waals surface area contributed by atoms with Gasteiger partial charge in [0.05, 0.1) is 19.8 Å². The van der Waals surface area contributed by atoms with Crippen molar-refractivity contribution in [3.8, 4) is 11.5 Å². The number of hydrogen-bond acceptors (Lipinski definition) is 4. The highest BCUT2D eigenvalue weighted by molar-refractivity contribution is 5.99. The molecule has 1 N–H and O–H groups in total. The summed E-state index contributed by atoms with van der Waals surface area (Å²) in [7, 11) is 3.05. The van der Waals surface area contributed by atoms with Crippen LogP contribution in [0.4, 0.5) is 0 Å². The molecule has 0 saturated carbocycles. The van der Waals surface area contributed by atoms with E-state index >= 15 is 0 Å². The van der Waals surface area contributed by atoms with Crippen LogP contribution < -0.4 is 9.47 Å². The molecule has 2 aromatic rings. The van der Waals surface area contributed by atoms with Crippen molar-refractivity contribution in [3.63, 3.8) is 0 Å². The summed E-state index contributed by atoms with van der Waals surface area (Å²) >= 11 is 0. The number of rotatable bonds is 5. The van der Waals surface area contributed by atoms with Crippen LogP contribution in [0.5, 0.6) is 11.5 Å². The van der Waals surface area contributed by atoms with Gasteiger partial charge in [0.1, 0.15) is 0 Å². The van der Waals surface area contributed by atoms with E-state index in [0.29, 0.717) is 35.6 Å². The van der Waals surface area contributed by atoms with Crippen LogP contribution in [0, 0.1) is 0 Å². The van der Waals surface area contributed by atoms with E-state index in [1.165, 1.54) is 19.1 Å². The number of benzene rings is 2. The highest BCUT2D eigenvalue weighted by atomic mass is 16.5. The van der Waals surface area contributed by atoms with E-state index in [0.717, 1.165) is 5.56 Å². The molecule has 0 aliphatic carbocycles. The Balaban J connectivity index is 1.84. The molecule has 0 aromatic heterocycles. The van der Waals surface area contributed by atoms with E-state index in [-0.39, 0.29) is 5.91 Å². The molecule has 2 aromatic carbocycles. The first-order valence-corrected chi connectivity index (χ1v) is 7.44. The molecular weight excluding hydrogens is 294 g/mol. The zero-order valence-corrected chi connectivity index (χ0v) is 13.2. The fraction of sp³-hybridized carbons (Fsp3) is 0.278. The lowest BCUT2D eigenvalue weighted by molar-refractivity contribution is 0.0182. The van der Waals surface area contributed by atoms with Crippen molar-refractivity contribution in [1.29, 1.82) is 0 Å². The lowest BCUT2D eigenvalue weighted by Crippen LogP contribution is -2.30. The van der Waals surface area contributed by atoms with Crippen LogP contribution in [-0.2, 0) is 6.42 Å². The highest BCUT2D eigenvalue weighted by Crippen LogP contribution is 2.39. The number of methoxy groups -OCH3 is 2. The molecule has 1 aliphatic rings. The maximum atomic E-state index is 12.6. The maximum absolute atomic E-state index is 12.6. The van der Waals surface area contributed by atoms with Crippen LogP contribution >= 0.6 is 0 Å².